The number of anilines is 2. The van der Waals surface area contributed by atoms with Crippen molar-refractivity contribution in [3.05, 3.63) is 6.33 Å². The Hall–Kier alpha value is -1.52. The maximum atomic E-state index is 5.44. The van der Waals surface area contributed by atoms with E-state index in [0.717, 1.165) is 23.9 Å². The van der Waals surface area contributed by atoms with Gasteiger partial charge in [-0.25, -0.2) is 9.97 Å². The molecule has 1 aliphatic rings. The molecular formula is C12H20N4O. The number of nitrogens with one attached hydrogen (secondary N) is 1. The van der Waals surface area contributed by atoms with E-state index >= 15 is 0 Å². The van der Waals surface area contributed by atoms with Gasteiger partial charge in [-0.3, -0.25) is 0 Å². The smallest absolute Gasteiger partial charge is 0.204 e. The van der Waals surface area contributed by atoms with Crippen LogP contribution in [-0.2, 0) is 0 Å². The summed E-state index contributed by atoms with van der Waals surface area (Å²) >= 11 is 0. The SMILES string of the molecule is CNc1ncnc(N2CCCCC2C)c1OC. The average molecular weight is 236 g/mol. The van der Waals surface area contributed by atoms with Crippen molar-refractivity contribution < 1.29 is 4.74 Å². The lowest BCUT2D eigenvalue weighted by atomic mass is 10.0. The zero-order chi connectivity index (χ0) is 12.3. The van der Waals surface area contributed by atoms with Crippen molar-refractivity contribution in [3.63, 3.8) is 0 Å². The summed E-state index contributed by atoms with van der Waals surface area (Å²) in [6, 6.07) is 0.511. The summed E-state index contributed by atoms with van der Waals surface area (Å²) in [5, 5.41) is 3.04. The van der Waals surface area contributed by atoms with Gasteiger partial charge in [-0.05, 0) is 26.2 Å². The number of aromatic nitrogens is 2. The second-order valence-corrected chi connectivity index (χ2v) is 4.37. The molecule has 1 aromatic rings. The Labute approximate surface area is 102 Å². The highest BCUT2D eigenvalue weighted by atomic mass is 16.5. The Morgan fingerprint density at radius 3 is 2.88 bits per heavy atom. The number of hydrogen-bond donors (Lipinski definition) is 1. The summed E-state index contributed by atoms with van der Waals surface area (Å²) < 4.78 is 5.44. The number of ether oxygens (including phenoxy) is 1. The molecule has 1 saturated heterocycles. The van der Waals surface area contributed by atoms with Crippen LogP contribution in [0.1, 0.15) is 26.2 Å². The van der Waals surface area contributed by atoms with Crippen LogP contribution in [0.3, 0.4) is 0 Å². The van der Waals surface area contributed by atoms with Crippen molar-refractivity contribution in [3.8, 4) is 5.75 Å². The Morgan fingerprint density at radius 2 is 2.24 bits per heavy atom. The van der Waals surface area contributed by atoms with Gasteiger partial charge in [-0.1, -0.05) is 0 Å². The monoisotopic (exact) mass is 236 g/mol. The van der Waals surface area contributed by atoms with Crippen LogP contribution < -0.4 is 15.0 Å². The first-order valence-corrected chi connectivity index (χ1v) is 6.11. The largest absolute Gasteiger partial charge is 0.490 e. The van der Waals surface area contributed by atoms with Crippen molar-refractivity contribution in [2.45, 2.75) is 32.2 Å². The number of rotatable bonds is 3. The first kappa shape index (κ1) is 12.0. The fraction of sp³-hybridized carbons (Fsp3) is 0.667. The molecule has 0 bridgehead atoms. The van der Waals surface area contributed by atoms with Gasteiger partial charge in [0.05, 0.1) is 7.11 Å². The van der Waals surface area contributed by atoms with Crippen molar-refractivity contribution in [1.82, 2.24) is 9.97 Å². The van der Waals surface area contributed by atoms with Crippen molar-refractivity contribution in [2.24, 2.45) is 0 Å². The van der Waals surface area contributed by atoms with Gasteiger partial charge in [0.2, 0.25) is 5.75 Å². The summed E-state index contributed by atoms with van der Waals surface area (Å²) in [6.45, 7) is 3.28. The lowest BCUT2D eigenvalue weighted by molar-refractivity contribution is 0.404. The third kappa shape index (κ3) is 2.28. The zero-order valence-electron chi connectivity index (χ0n) is 10.7. The van der Waals surface area contributed by atoms with E-state index in [1.54, 1.807) is 13.4 Å². The summed E-state index contributed by atoms with van der Waals surface area (Å²) in [5.74, 6) is 2.39. The normalized spacial score (nSPS) is 20.2. The molecule has 1 N–H and O–H groups in total. The molecule has 0 aromatic carbocycles. The number of hydrogen-bond acceptors (Lipinski definition) is 5. The minimum Gasteiger partial charge on any atom is -0.490 e. The average Bonchev–Trinajstić information content (AvgIpc) is 2.38. The van der Waals surface area contributed by atoms with Crippen molar-refractivity contribution >= 4 is 11.6 Å². The van der Waals surface area contributed by atoms with Gasteiger partial charge in [0.15, 0.2) is 11.6 Å². The van der Waals surface area contributed by atoms with E-state index in [2.05, 4.69) is 27.1 Å². The molecule has 17 heavy (non-hydrogen) atoms. The number of nitrogens with zero attached hydrogens (tertiary/aromatic N) is 3. The molecule has 1 fully saturated rings. The van der Waals surface area contributed by atoms with Gasteiger partial charge in [-0.15, -0.1) is 0 Å². The molecule has 94 valence electrons. The van der Waals surface area contributed by atoms with Gasteiger partial charge in [0.25, 0.3) is 0 Å². The van der Waals surface area contributed by atoms with E-state index in [9.17, 15) is 0 Å². The van der Waals surface area contributed by atoms with Gasteiger partial charge < -0.3 is 15.0 Å². The molecule has 0 aliphatic carbocycles. The molecule has 0 radical (unpaired) electrons. The van der Waals surface area contributed by atoms with Crippen LogP contribution in [0, 0.1) is 0 Å². The van der Waals surface area contributed by atoms with Crippen LogP contribution in [-0.4, -0.2) is 36.7 Å². The quantitative estimate of drug-likeness (QED) is 0.868. The Bertz CT molecular complexity index is 383. The Morgan fingerprint density at radius 1 is 1.41 bits per heavy atom. The fourth-order valence-electron chi connectivity index (χ4n) is 2.35. The summed E-state index contributed by atoms with van der Waals surface area (Å²) in [7, 11) is 3.51. The lowest BCUT2D eigenvalue weighted by Crippen LogP contribution is -2.38. The van der Waals surface area contributed by atoms with E-state index in [1.165, 1.54) is 19.3 Å². The van der Waals surface area contributed by atoms with Gasteiger partial charge in [0.1, 0.15) is 6.33 Å². The van der Waals surface area contributed by atoms with Crippen LogP contribution in [0.5, 0.6) is 5.75 Å². The van der Waals surface area contributed by atoms with Crippen LogP contribution in [0.15, 0.2) is 6.33 Å². The lowest BCUT2D eigenvalue weighted by Gasteiger charge is -2.35. The highest BCUT2D eigenvalue weighted by molar-refractivity contribution is 5.65. The molecule has 5 nitrogen and oxygen atoms in total. The molecule has 1 aliphatic heterocycles. The van der Waals surface area contributed by atoms with Crippen LogP contribution in [0.25, 0.3) is 0 Å². The van der Waals surface area contributed by atoms with E-state index < -0.39 is 0 Å². The van der Waals surface area contributed by atoms with Gasteiger partial charge >= 0.3 is 0 Å². The van der Waals surface area contributed by atoms with Crippen molar-refractivity contribution in [1.29, 1.82) is 0 Å². The third-order valence-electron chi connectivity index (χ3n) is 3.30. The minimum atomic E-state index is 0.511. The molecular weight excluding hydrogens is 216 g/mol. The van der Waals surface area contributed by atoms with E-state index in [4.69, 9.17) is 4.74 Å². The molecule has 0 spiro atoms. The highest BCUT2D eigenvalue weighted by Crippen LogP contribution is 2.34. The second kappa shape index (κ2) is 5.21. The van der Waals surface area contributed by atoms with Crippen LogP contribution in [0.2, 0.25) is 0 Å². The van der Waals surface area contributed by atoms with Gasteiger partial charge in [0, 0.05) is 19.6 Å². The molecule has 0 saturated carbocycles. The topological polar surface area (TPSA) is 50.3 Å². The predicted molar refractivity (Wildman–Crippen MR) is 68.8 cm³/mol. The first-order valence-electron chi connectivity index (χ1n) is 6.11. The van der Waals surface area contributed by atoms with E-state index in [1.807, 2.05) is 7.05 Å². The third-order valence-corrected chi connectivity index (χ3v) is 3.30. The maximum Gasteiger partial charge on any atom is 0.204 e. The van der Waals surface area contributed by atoms with E-state index in [0.29, 0.717) is 6.04 Å². The molecule has 5 heteroatoms. The standard InChI is InChI=1S/C12H20N4O/c1-9-6-4-5-7-16(9)12-10(17-3)11(13-2)14-8-15-12/h8-9H,4-7H2,1-3H3,(H,13,14,15). The zero-order valence-corrected chi connectivity index (χ0v) is 10.7. The summed E-state index contributed by atoms with van der Waals surface area (Å²) in [5.41, 5.74) is 0. The molecule has 0 amide bonds. The first-order chi connectivity index (χ1) is 8.27. The molecule has 2 heterocycles. The molecule has 1 atom stereocenters. The predicted octanol–water partition coefficient (Wildman–Crippen LogP) is 1.91. The van der Waals surface area contributed by atoms with Crippen molar-refractivity contribution in [2.75, 3.05) is 30.9 Å². The Balaban J connectivity index is 2.36. The highest BCUT2D eigenvalue weighted by Gasteiger charge is 2.24. The second-order valence-electron chi connectivity index (χ2n) is 4.37. The summed E-state index contributed by atoms with van der Waals surface area (Å²) in [4.78, 5) is 10.9. The fourth-order valence-corrected chi connectivity index (χ4v) is 2.35. The van der Waals surface area contributed by atoms with Crippen LogP contribution in [0.4, 0.5) is 11.6 Å². The summed E-state index contributed by atoms with van der Waals surface area (Å²) in [6.07, 6.45) is 5.31. The maximum absolute atomic E-state index is 5.44. The molecule has 2 rings (SSSR count). The Kier molecular flexibility index (Phi) is 3.66. The minimum absolute atomic E-state index is 0.511. The van der Waals surface area contributed by atoms with Gasteiger partial charge in [-0.2, -0.15) is 0 Å². The number of methoxy groups -OCH3 is 1. The number of piperidine rings is 1. The molecule has 1 aromatic heterocycles. The van der Waals surface area contributed by atoms with Crippen LogP contribution >= 0.6 is 0 Å². The molecule has 1 unspecified atom stereocenters. The van der Waals surface area contributed by atoms with E-state index in [-0.39, 0.29) is 0 Å².